The van der Waals surface area contributed by atoms with Gasteiger partial charge in [-0.1, -0.05) is 110 Å². The van der Waals surface area contributed by atoms with Gasteiger partial charge in [0.1, 0.15) is 66.3 Å². The number of nitrogens with zero attached hydrogens (tertiary/aromatic N) is 4. The van der Waals surface area contributed by atoms with Gasteiger partial charge in [-0.3, -0.25) is 43.8 Å². The molecule has 2 heterocycles. The van der Waals surface area contributed by atoms with Gasteiger partial charge < -0.3 is 44.7 Å². The second-order valence-corrected chi connectivity index (χ2v) is 31.6. The maximum Gasteiger partial charge on any atom is 0.410 e. The van der Waals surface area contributed by atoms with Crippen molar-refractivity contribution in [3.05, 3.63) is 0 Å². The van der Waals surface area contributed by atoms with E-state index in [1.165, 1.54) is 107 Å². The topological polar surface area (TPSA) is 298 Å². The number of carbonyl (C=O) groups excluding carboxylic acids is 8. The summed E-state index contributed by atoms with van der Waals surface area (Å²) < 4.78 is 22.1. The van der Waals surface area contributed by atoms with E-state index in [2.05, 4.69) is 26.8 Å². The Morgan fingerprint density at radius 2 is 0.854 bits per heavy atom. The average molecular weight is 1390 g/mol. The number of alkyl halides is 6. The lowest BCUT2D eigenvalue weighted by molar-refractivity contribution is -0.725. The van der Waals surface area contributed by atoms with E-state index in [0.29, 0.717) is 38.8 Å². The van der Waals surface area contributed by atoms with Gasteiger partial charge in [0, 0.05) is 27.2 Å². The molecule has 2 aliphatic carbocycles. The SMILES string of the molecule is C1CCC([NH2+]C2CCCCC2)CC1.CC(C)C(C(=O)O)N(C)C(=O)OC(C)(C)C.CC(C)[C@@H](C(=O)N[C@@H](C)C(=O)N1CCCC(C(=O)OCC(Cl)(Cl)Cl)N1)N(C)C(=O)OC(C)(C)C.C[C@H](NC(=O)OC(C)(C)C)C(=O)N1CCCC(C(=O)OCC(Cl)(Cl)Cl)N1. The van der Waals surface area contributed by atoms with Crippen molar-refractivity contribution in [2.75, 3.05) is 40.4 Å². The molecule has 6 amide bonds. The van der Waals surface area contributed by atoms with Gasteiger partial charge in [-0.2, -0.15) is 0 Å². The molecule has 24 nitrogen and oxygen atoms in total. The van der Waals surface area contributed by atoms with Gasteiger partial charge >= 0.3 is 36.2 Å². The summed E-state index contributed by atoms with van der Waals surface area (Å²) in [6.45, 7) is 25.6. The van der Waals surface area contributed by atoms with E-state index in [0.717, 1.165) is 17.0 Å². The van der Waals surface area contributed by atoms with E-state index in [4.69, 9.17) is 98.4 Å². The molecule has 2 saturated heterocycles. The number of esters is 2. The van der Waals surface area contributed by atoms with Crippen molar-refractivity contribution in [1.82, 2.24) is 41.3 Å². The van der Waals surface area contributed by atoms with Gasteiger partial charge in [0.05, 0.1) is 12.1 Å². The highest BCUT2D eigenvalue weighted by Crippen LogP contribution is 2.28. The molecule has 0 bridgehead atoms. The number of ether oxygens (including phenoxy) is 5. The van der Waals surface area contributed by atoms with Gasteiger partial charge in [0.25, 0.3) is 11.8 Å². The third-order valence-electron chi connectivity index (χ3n) is 13.9. The normalized spacial score (nSPS) is 19.3. The summed E-state index contributed by atoms with van der Waals surface area (Å²) in [5, 5.41) is 19.4. The molecule has 0 aromatic heterocycles. The summed E-state index contributed by atoms with van der Waals surface area (Å²) in [4.78, 5) is 112. The highest BCUT2D eigenvalue weighted by molar-refractivity contribution is 6.68. The van der Waals surface area contributed by atoms with Gasteiger partial charge in [0.2, 0.25) is 13.5 Å². The predicted molar refractivity (Wildman–Crippen MR) is 343 cm³/mol. The Bertz CT molecular complexity index is 2250. The van der Waals surface area contributed by atoms with Crippen LogP contribution in [0.4, 0.5) is 14.4 Å². The van der Waals surface area contributed by atoms with Gasteiger partial charge in [0.15, 0.2) is 0 Å². The Morgan fingerprint density at radius 3 is 1.17 bits per heavy atom. The molecule has 0 aromatic carbocycles. The Hall–Kier alpha value is -3.75. The van der Waals surface area contributed by atoms with Crippen LogP contribution in [0, 0.1) is 11.8 Å². The molecule has 30 heteroatoms. The standard InChI is InChI=1S/C21H35Cl3N4O6.C15H24Cl3N3O5.C12H23N.C11H21NO4/c1-12(2)15(27(7)19(32)34-20(4,5)6)16(29)25-13(3)17(30)28-10-8-9-14(26-28)18(31)33-11-21(22,23)24;1-9(19-13(24)26-14(2,3)4)11(22)21-7-5-6-10(20-21)12(23)25-8-15(16,17)18;1-3-7-11(8-4-1)13-12-9-5-2-6-10-12;1-7(2)8(9(13)14)12(6)10(15)16-11(3,4)5/h12-15,26H,8-11H2,1-7H3,(H,25,29);9-10,20H,5-8H2,1-4H3,(H,19,24);11-13H,1-10H2;7-8H,1-6H3,(H,13,14)/p+1/t13-,14?,15-;9-,10?;;/m00../s1. The number of hydrogen-bond donors (Lipinski definition) is 6. The zero-order chi connectivity index (χ0) is 68.6. The molecule has 516 valence electrons. The lowest BCUT2D eigenvalue weighted by atomic mass is 9.91. The number of rotatable bonds is 16. The first kappa shape index (κ1) is 83.3. The molecule has 3 unspecified atom stereocenters. The van der Waals surface area contributed by atoms with Crippen LogP contribution in [-0.2, 0) is 52.5 Å². The first-order valence-corrected chi connectivity index (χ1v) is 32.9. The number of carboxylic acids is 1. The highest BCUT2D eigenvalue weighted by Gasteiger charge is 2.39. The third-order valence-corrected chi connectivity index (χ3v) is 14.5. The summed E-state index contributed by atoms with van der Waals surface area (Å²) in [7, 11) is 2.91. The lowest BCUT2D eigenvalue weighted by Gasteiger charge is -2.35. The van der Waals surface area contributed by atoms with Crippen LogP contribution in [0.15, 0.2) is 0 Å². The van der Waals surface area contributed by atoms with Crippen molar-refractivity contribution in [1.29, 1.82) is 0 Å². The first-order valence-electron chi connectivity index (χ1n) is 30.6. The van der Waals surface area contributed by atoms with Crippen LogP contribution in [0.25, 0.3) is 0 Å². The summed E-state index contributed by atoms with van der Waals surface area (Å²) in [6.07, 6.45) is 15.0. The van der Waals surface area contributed by atoms with E-state index >= 15 is 0 Å². The number of carboxylic acid groups (broad SMARTS) is 1. The second kappa shape index (κ2) is 38.4. The number of halogens is 6. The van der Waals surface area contributed by atoms with Gasteiger partial charge in [-0.05, 0) is 165 Å². The predicted octanol–water partition coefficient (Wildman–Crippen LogP) is 9.28. The van der Waals surface area contributed by atoms with Crippen molar-refractivity contribution in [3.63, 3.8) is 0 Å². The van der Waals surface area contributed by atoms with Crippen molar-refractivity contribution in [2.24, 2.45) is 11.8 Å². The average Bonchev–Trinajstić information content (AvgIpc) is 1.85. The molecule has 0 aromatic rings. The van der Waals surface area contributed by atoms with Crippen LogP contribution in [0.3, 0.4) is 0 Å². The Morgan fingerprint density at radius 1 is 0.517 bits per heavy atom. The number of hydrazine groups is 2. The second-order valence-electron chi connectivity index (χ2n) is 26.6. The van der Waals surface area contributed by atoms with Crippen LogP contribution < -0.4 is 26.8 Å². The van der Waals surface area contributed by atoms with Crippen molar-refractivity contribution in [2.45, 2.75) is 266 Å². The zero-order valence-corrected chi connectivity index (χ0v) is 59.8. The Labute approximate surface area is 557 Å². The zero-order valence-electron chi connectivity index (χ0n) is 55.3. The minimum atomic E-state index is -1.74. The van der Waals surface area contributed by atoms with Crippen molar-refractivity contribution >= 4 is 124 Å². The number of aliphatic carboxylic acids is 1. The fourth-order valence-electron chi connectivity index (χ4n) is 9.87. The van der Waals surface area contributed by atoms with Crippen molar-refractivity contribution < 1.29 is 77.3 Å². The van der Waals surface area contributed by atoms with Crippen LogP contribution in [0.5, 0.6) is 0 Å². The van der Waals surface area contributed by atoms with E-state index < -0.39 is 121 Å². The molecule has 0 spiro atoms. The maximum atomic E-state index is 13.0. The summed E-state index contributed by atoms with van der Waals surface area (Å²) >= 11 is 33.4. The fourth-order valence-corrected chi connectivity index (χ4v) is 10.2. The van der Waals surface area contributed by atoms with E-state index in [9.17, 15) is 43.2 Å². The molecule has 2 saturated carbocycles. The molecule has 7 N–H and O–H groups in total. The summed E-state index contributed by atoms with van der Waals surface area (Å²) in [6, 6.07) is -3.03. The fraction of sp³-hybridized carbons (Fsp3) is 0.847. The number of amides is 6. The monoisotopic (exact) mass is 1390 g/mol. The molecular formula is C59H104Cl6N9O15+. The van der Waals surface area contributed by atoms with Crippen molar-refractivity contribution in [3.8, 4) is 0 Å². The van der Waals surface area contributed by atoms with Crippen LogP contribution in [-0.4, -0.2) is 192 Å². The quantitative estimate of drug-likeness (QED) is 0.0476. The molecule has 89 heavy (non-hydrogen) atoms. The molecular weight excluding hydrogens is 1290 g/mol. The minimum Gasteiger partial charge on any atom is -0.480 e. The molecule has 4 rings (SSSR count). The number of hydrogen-bond acceptors (Lipinski definition) is 16. The number of quaternary nitrogens is 1. The highest BCUT2D eigenvalue weighted by atomic mass is 35.6. The molecule has 0 radical (unpaired) electrons. The first-order chi connectivity index (χ1) is 40.7. The Kier molecular flexibility index (Phi) is 36.0. The minimum absolute atomic E-state index is 0.171. The largest absolute Gasteiger partial charge is 0.480 e. The summed E-state index contributed by atoms with van der Waals surface area (Å²) in [5.41, 5.74) is 3.57. The van der Waals surface area contributed by atoms with Crippen LogP contribution in [0.2, 0.25) is 0 Å². The van der Waals surface area contributed by atoms with E-state index in [1.54, 1.807) is 90.0 Å². The smallest absolute Gasteiger partial charge is 0.410 e. The lowest BCUT2D eigenvalue weighted by Crippen LogP contribution is -2.95. The molecule has 2 aliphatic heterocycles. The van der Waals surface area contributed by atoms with Gasteiger partial charge in [-0.25, -0.2) is 30.0 Å². The number of nitrogens with one attached hydrogen (secondary N) is 4. The maximum absolute atomic E-state index is 13.0. The van der Waals surface area contributed by atoms with E-state index in [-0.39, 0.29) is 18.4 Å². The Balaban J connectivity index is 0.000000632. The molecule has 4 fully saturated rings. The molecule has 6 atom stereocenters. The number of likely N-dealkylation sites (N-methyl/N-ethyl adjacent to an activating group) is 2. The third kappa shape index (κ3) is 35.2. The van der Waals surface area contributed by atoms with Gasteiger partial charge in [-0.15, -0.1) is 0 Å². The van der Waals surface area contributed by atoms with Crippen LogP contribution in [0.1, 0.15) is 194 Å². The van der Waals surface area contributed by atoms with E-state index in [1.807, 2.05) is 0 Å². The molecule has 4 aliphatic rings. The number of nitrogens with two attached hydrogens (primary N) is 1. The summed E-state index contributed by atoms with van der Waals surface area (Å²) in [5.74, 6) is -4.08. The van der Waals surface area contributed by atoms with Crippen LogP contribution >= 0.6 is 69.6 Å². The number of alkyl carbamates (subject to hydrolysis) is 1. The number of carbonyl (C=O) groups is 9.